The summed E-state index contributed by atoms with van der Waals surface area (Å²) in [4.78, 5) is 21.3. The van der Waals surface area contributed by atoms with E-state index in [0.29, 0.717) is 24.7 Å². The second-order valence-electron chi connectivity index (χ2n) is 8.68. The first-order valence-corrected chi connectivity index (χ1v) is 12.1. The molecule has 174 valence electrons. The summed E-state index contributed by atoms with van der Waals surface area (Å²) >= 11 is 0. The minimum absolute atomic E-state index is 0. The van der Waals surface area contributed by atoms with Crippen molar-refractivity contribution in [2.24, 2.45) is 0 Å². The molecule has 0 saturated heterocycles. The fraction of sp³-hybridized carbons (Fsp3) is 0.500. The Morgan fingerprint density at radius 2 is 0.853 bits per heavy atom. The van der Waals surface area contributed by atoms with Crippen molar-refractivity contribution in [3.8, 4) is 0 Å². The maximum Gasteiger partial charge on any atom is 1.00 e. The molecule has 0 aliphatic heterocycles. The van der Waals surface area contributed by atoms with Crippen LogP contribution in [0, 0.1) is 0 Å². The van der Waals surface area contributed by atoms with E-state index in [1.165, 1.54) is 11.1 Å². The normalized spacial score (nSPS) is 12.1. The minimum Gasteiger partial charge on any atom is -0.550 e. The molecule has 0 bridgehead atoms. The van der Waals surface area contributed by atoms with E-state index in [4.69, 9.17) is 0 Å². The Labute approximate surface area is 290 Å². The minimum atomic E-state index is -0.962. The maximum atomic E-state index is 10.6. The molecule has 0 spiro atoms. The van der Waals surface area contributed by atoms with Gasteiger partial charge in [0.2, 0.25) is 0 Å². The summed E-state index contributed by atoms with van der Waals surface area (Å²) in [6.45, 7) is 0. The molecule has 2 aromatic carbocycles. The van der Waals surface area contributed by atoms with Crippen LogP contribution in [0.2, 0.25) is 0 Å². The van der Waals surface area contributed by atoms with Crippen molar-refractivity contribution < 1.29 is 123 Å². The van der Waals surface area contributed by atoms with E-state index in [-0.39, 0.29) is 116 Å². The van der Waals surface area contributed by atoms with Crippen LogP contribution in [-0.2, 0) is 9.59 Å². The van der Waals surface area contributed by atoms with Crippen LogP contribution in [0.25, 0.3) is 0 Å². The summed E-state index contributed by atoms with van der Waals surface area (Å²) in [7, 11) is 0. The predicted molar refractivity (Wildman–Crippen MR) is 124 cm³/mol. The van der Waals surface area contributed by atoms with Crippen molar-refractivity contribution in [2.45, 2.75) is 88.9 Å². The van der Waals surface area contributed by atoms with Gasteiger partial charge in [-0.15, -0.1) is 0 Å². The van der Waals surface area contributed by atoms with Crippen molar-refractivity contribution in [2.75, 3.05) is 0 Å². The summed E-state index contributed by atoms with van der Waals surface area (Å²) in [6, 6.07) is 21.4. The molecule has 4 nitrogen and oxygen atoms in total. The standard InChI is InChI=1S/C28H38O4.2K/c29-27(30)21-13-3-1-11-19-25(23-15-7-5-8-16-23)26(24-17-9-6-10-18-24)20-12-2-4-14-22-28(31)32;;/h5-10,15-18,25-26H,1-4,11-14,19-22H2,(H,29,30)(H,31,32);;/q;2*+1/p-2. The Morgan fingerprint density at radius 3 is 1.18 bits per heavy atom. The Kier molecular flexibility index (Phi) is 22.1. The second-order valence-corrected chi connectivity index (χ2v) is 8.68. The smallest absolute Gasteiger partial charge is 0.550 e. The van der Waals surface area contributed by atoms with Gasteiger partial charge in [0.25, 0.3) is 0 Å². The number of rotatable bonds is 17. The number of unbranched alkanes of at least 4 members (excludes halogenated alkanes) is 6. The number of carbonyl (C=O) groups is 2. The quantitative estimate of drug-likeness (QED) is 0.195. The monoisotopic (exact) mass is 514 g/mol. The van der Waals surface area contributed by atoms with E-state index in [9.17, 15) is 19.8 Å². The van der Waals surface area contributed by atoms with Gasteiger partial charge in [-0.3, -0.25) is 0 Å². The third kappa shape index (κ3) is 15.0. The molecule has 6 heteroatoms. The van der Waals surface area contributed by atoms with Crippen molar-refractivity contribution >= 4 is 11.9 Å². The summed E-state index contributed by atoms with van der Waals surface area (Å²) < 4.78 is 0. The van der Waals surface area contributed by atoms with E-state index in [1.54, 1.807) is 0 Å². The van der Waals surface area contributed by atoms with Gasteiger partial charge in [-0.25, -0.2) is 0 Å². The molecule has 0 radical (unpaired) electrons. The fourth-order valence-corrected chi connectivity index (χ4v) is 4.58. The number of carboxylic acids is 2. The first-order valence-electron chi connectivity index (χ1n) is 12.1. The zero-order valence-corrected chi connectivity index (χ0v) is 27.3. The van der Waals surface area contributed by atoms with Crippen LogP contribution in [0.1, 0.15) is 100 Å². The van der Waals surface area contributed by atoms with Gasteiger partial charge in [0.15, 0.2) is 0 Å². The van der Waals surface area contributed by atoms with Crippen LogP contribution >= 0.6 is 0 Å². The van der Waals surface area contributed by atoms with Crippen LogP contribution < -0.4 is 113 Å². The van der Waals surface area contributed by atoms with Crippen LogP contribution in [0.4, 0.5) is 0 Å². The zero-order valence-electron chi connectivity index (χ0n) is 21.0. The van der Waals surface area contributed by atoms with E-state index in [0.717, 1.165) is 51.4 Å². The Hall–Kier alpha value is 0.653. The number of aliphatic carboxylic acids is 2. The molecule has 2 rings (SSSR count). The Balaban J connectivity index is 0.00000544. The molecule has 0 aliphatic rings. The van der Waals surface area contributed by atoms with E-state index in [1.807, 2.05) is 0 Å². The first-order chi connectivity index (χ1) is 15.6. The van der Waals surface area contributed by atoms with Crippen LogP contribution in [0.5, 0.6) is 0 Å². The van der Waals surface area contributed by atoms with Crippen LogP contribution in [0.15, 0.2) is 60.7 Å². The molecule has 0 heterocycles. The average molecular weight is 515 g/mol. The van der Waals surface area contributed by atoms with E-state index >= 15 is 0 Å². The molecule has 0 aromatic heterocycles. The second kappa shape index (κ2) is 21.7. The van der Waals surface area contributed by atoms with Crippen LogP contribution in [-0.4, -0.2) is 11.9 Å². The van der Waals surface area contributed by atoms with Crippen LogP contribution in [0.3, 0.4) is 0 Å². The van der Waals surface area contributed by atoms with Crippen molar-refractivity contribution in [1.82, 2.24) is 0 Å². The number of hydrogen-bond donors (Lipinski definition) is 0. The molecule has 0 saturated carbocycles. The number of carbonyl (C=O) groups excluding carboxylic acids is 2. The van der Waals surface area contributed by atoms with Gasteiger partial charge >= 0.3 is 103 Å². The van der Waals surface area contributed by atoms with Gasteiger partial charge in [-0.05, 0) is 61.5 Å². The van der Waals surface area contributed by atoms with Gasteiger partial charge in [0, 0.05) is 11.9 Å². The molecular weight excluding hydrogens is 479 g/mol. The average Bonchev–Trinajstić information content (AvgIpc) is 2.79. The summed E-state index contributed by atoms with van der Waals surface area (Å²) in [5, 5.41) is 21.3. The van der Waals surface area contributed by atoms with Crippen molar-refractivity contribution in [3.63, 3.8) is 0 Å². The molecule has 0 amide bonds. The Morgan fingerprint density at radius 1 is 0.529 bits per heavy atom. The molecule has 0 aliphatic carbocycles. The summed E-state index contributed by atoms with van der Waals surface area (Å²) in [5.41, 5.74) is 2.71. The molecule has 0 N–H and O–H groups in total. The SMILES string of the molecule is O=C([O-])CCCCCCC(c1ccccc1)C(CCCCCCC(=O)[O-])c1ccccc1.[K+].[K+]. The fourth-order valence-electron chi connectivity index (χ4n) is 4.58. The predicted octanol–water partition coefficient (Wildman–Crippen LogP) is -1.26. The molecule has 2 aromatic rings. The molecular formula is C28H36K2O4. The van der Waals surface area contributed by atoms with E-state index in [2.05, 4.69) is 60.7 Å². The van der Waals surface area contributed by atoms with Gasteiger partial charge in [-0.1, -0.05) is 99.2 Å². The maximum absolute atomic E-state index is 10.6. The number of hydrogen-bond acceptors (Lipinski definition) is 4. The molecule has 2 unspecified atom stereocenters. The van der Waals surface area contributed by atoms with Gasteiger partial charge < -0.3 is 19.8 Å². The molecule has 2 atom stereocenters. The summed E-state index contributed by atoms with van der Waals surface area (Å²) in [5.74, 6) is -1.11. The molecule has 34 heavy (non-hydrogen) atoms. The number of carboxylic acid groups (broad SMARTS) is 2. The first kappa shape index (κ1) is 34.7. The number of benzene rings is 2. The third-order valence-corrected chi connectivity index (χ3v) is 6.23. The van der Waals surface area contributed by atoms with E-state index < -0.39 is 11.9 Å². The molecule has 0 fully saturated rings. The third-order valence-electron chi connectivity index (χ3n) is 6.23. The van der Waals surface area contributed by atoms with Gasteiger partial charge in [0.05, 0.1) is 0 Å². The topological polar surface area (TPSA) is 80.3 Å². The zero-order chi connectivity index (χ0) is 23.0. The van der Waals surface area contributed by atoms with Gasteiger partial charge in [-0.2, -0.15) is 0 Å². The van der Waals surface area contributed by atoms with Crippen molar-refractivity contribution in [1.29, 1.82) is 0 Å². The largest absolute Gasteiger partial charge is 1.00 e. The van der Waals surface area contributed by atoms with Gasteiger partial charge in [0.1, 0.15) is 0 Å². The summed E-state index contributed by atoms with van der Waals surface area (Å²) in [6.07, 6.45) is 9.84. The van der Waals surface area contributed by atoms with Crippen molar-refractivity contribution in [3.05, 3.63) is 71.8 Å². The Bertz CT molecular complexity index is 716.